The van der Waals surface area contributed by atoms with Gasteiger partial charge in [0.15, 0.2) is 18.3 Å². The summed E-state index contributed by atoms with van der Waals surface area (Å²) in [7, 11) is 0. The van der Waals surface area contributed by atoms with E-state index in [9.17, 15) is 45.9 Å². The van der Waals surface area contributed by atoms with Crippen molar-refractivity contribution in [3.05, 3.63) is 34.4 Å². The van der Waals surface area contributed by atoms with Crippen LogP contribution in [0.15, 0.2) is 24.3 Å². The molecule has 0 spiro atoms. The zero-order chi connectivity index (χ0) is 26.9. The molecule has 3 aliphatic heterocycles. The number of aliphatic hydroxyl groups excluding tert-OH is 7. The Morgan fingerprint density at radius 1 is 0.703 bits per heavy atom. The predicted octanol–water partition coefficient (Wildman–Crippen LogP) is -3.66. The van der Waals surface area contributed by atoms with Crippen LogP contribution >= 0.6 is 0 Å². The van der Waals surface area contributed by atoms with Gasteiger partial charge in [-0.15, -0.1) is 0 Å². The van der Waals surface area contributed by atoms with E-state index in [2.05, 4.69) is 0 Å². The molecule has 0 bridgehead atoms. The van der Waals surface area contributed by atoms with E-state index >= 15 is 0 Å². The average Bonchev–Trinajstić information content (AvgIpc) is 2.88. The third kappa shape index (κ3) is 6.00. The van der Waals surface area contributed by atoms with Crippen LogP contribution in [0.5, 0.6) is 5.75 Å². The molecule has 0 radical (unpaired) electrons. The van der Waals surface area contributed by atoms with Crippen LogP contribution in [0.3, 0.4) is 0 Å². The second-order valence-corrected chi connectivity index (χ2v) is 8.81. The van der Waals surface area contributed by atoms with E-state index in [4.69, 9.17) is 28.4 Å². The number of para-hydroxylation sites is 2. The van der Waals surface area contributed by atoms with Gasteiger partial charge < -0.3 is 64.2 Å². The van der Waals surface area contributed by atoms with Crippen LogP contribution in [0, 0.1) is 10.1 Å². The maximum atomic E-state index is 11.2. The fraction of sp³-hybridized carbons (Fsp3) is 0.714. The van der Waals surface area contributed by atoms with Gasteiger partial charge in [-0.2, -0.15) is 0 Å². The van der Waals surface area contributed by atoms with Gasteiger partial charge in [0.05, 0.1) is 24.7 Å². The quantitative estimate of drug-likeness (QED) is 0.131. The van der Waals surface area contributed by atoms with Crippen molar-refractivity contribution in [2.75, 3.05) is 19.8 Å². The Balaban J connectivity index is 1.31. The van der Waals surface area contributed by atoms with Crippen molar-refractivity contribution < 1.29 is 69.1 Å². The van der Waals surface area contributed by atoms with Crippen LogP contribution in [-0.4, -0.2) is 134 Å². The Kier molecular flexibility index (Phi) is 8.89. The number of nitro benzene ring substituents is 1. The Morgan fingerprint density at radius 3 is 1.78 bits per heavy atom. The zero-order valence-electron chi connectivity index (χ0n) is 19.2. The number of hydrogen-bond acceptors (Lipinski definition) is 15. The number of nitrogens with zero attached hydrogens (tertiary/aromatic N) is 1. The maximum absolute atomic E-state index is 11.2. The fourth-order valence-corrected chi connectivity index (χ4v) is 4.07. The molecule has 1 aromatic rings. The molecule has 0 aliphatic carbocycles. The molecule has 16 heteroatoms. The summed E-state index contributed by atoms with van der Waals surface area (Å²) >= 11 is 0. The van der Waals surface area contributed by atoms with Gasteiger partial charge in [-0.05, 0) is 6.07 Å². The summed E-state index contributed by atoms with van der Waals surface area (Å²) in [6.07, 6.45) is -17.9. The molecule has 3 fully saturated rings. The van der Waals surface area contributed by atoms with Gasteiger partial charge in [0.1, 0.15) is 54.9 Å². The van der Waals surface area contributed by atoms with Gasteiger partial charge in [-0.25, -0.2) is 0 Å². The van der Waals surface area contributed by atoms with Crippen molar-refractivity contribution in [2.45, 2.75) is 73.8 Å². The molecule has 3 saturated heterocycles. The van der Waals surface area contributed by atoms with E-state index in [1.165, 1.54) is 24.3 Å². The minimum Gasteiger partial charge on any atom is -0.455 e. The first-order valence-electron chi connectivity index (χ1n) is 11.4. The van der Waals surface area contributed by atoms with Gasteiger partial charge >= 0.3 is 5.69 Å². The van der Waals surface area contributed by atoms with Gasteiger partial charge in [-0.3, -0.25) is 10.1 Å². The lowest BCUT2D eigenvalue weighted by atomic mass is 10.0. The number of aliphatic hydroxyl groups is 7. The molecular weight excluding hydrogens is 506 g/mol. The smallest absolute Gasteiger partial charge is 0.311 e. The number of ether oxygens (including phenoxy) is 6. The third-order valence-corrected chi connectivity index (χ3v) is 6.25. The SMILES string of the molecule is O=[N+]([O-])c1ccccc1O[C@@H]1OC[C@@H](O[C@@H]2OC[C@@H](O[C@@H]3OC[C@@H](O)[C@H](O)[C@H]3O)[C@H](O)[C@H]2O)[C@H](O)[C@H]1O. The molecule has 3 aliphatic rings. The largest absolute Gasteiger partial charge is 0.455 e. The molecule has 12 atom stereocenters. The number of rotatable bonds is 7. The second kappa shape index (κ2) is 11.8. The molecule has 7 N–H and O–H groups in total. The Morgan fingerprint density at radius 2 is 1.19 bits per heavy atom. The number of benzene rings is 1. The molecule has 0 amide bonds. The van der Waals surface area contributed by atoms with Crippen molar-refractivity contribution in [3.8, 4) is 5.75 Å². The normalized spacial score (nSPS) is 42.8. The summed E-state index contributed by atoms with van der Waals surface area (Å²) in [5.41, 5.74) is -0.368. The van der Waals surface area contributed by atoms with Gasteiger partial charge in [0.25, 0.3) is 0 Å². The highest BCUT2D eigenvalue weighted by Gasteiger charge is 2.48. The van der Waals surface area contributed by atoms with E-state index in [1.807, 2.05) is 0 Å². The summed E-state index contributed by atoms with van der Waals surface area (Å²) in [6, 6.07) is 5.41. The average molecular weight is 535 g/mol. The molecule has 37 heavy (non-hydrogen) atoms. The van der Waals surface area contributed by atoms with Crippen LogP contribution in [0.4, 0.5) is 5.69 Å². The molecule has 3 heterocycles. The fourth-order valence-electron chi connectivity index (χ4n) is 4.07. The zero-order valence-corrected chi connectivity index (χ0v) is 19.2. The first kappa shape index (κ1) is 28.0. The lowest BCUT2D eigenvalue weighted by molar-refractivity contribution is -0.387. The first-order chi connectivity index (χ1) is 17.6. The van der Waals surface area contributed by atoms with E-state index in [0.29, 0.717) is 0 Å². The predicted molar refractivity (Wildman–Crippen MR) is 115 cm³/mol. The third-order valence-electron chi connectivity index (χ3n) is 6.25. The van der Waals surface area contributed by atoms with Crippen molar-refractivity contribution in [3.63, 3.8) is 0 Å². The lowest BCUT2D eigenvalue weighted by Crippen LogP contribution is -2.61. The minimum absolute atomic E-state index is 0.183. The van der Waals surface area contributed by atoms with Gasteiger partial charge in [0, 0.05) is 6.07 Å². The monoisotopic (exact) mass is 535 g/mol. The first-order valence-corrected chi connectivity index (χ1v) is 11.4. The van der Waals surface area contributed by atoms with Crippen molar-refractivity contribution in [1.82, 2.24) is 0 Å². The molecule has 16 nitrogen and oxygen atoms in total. The highest BCUT2D eigenvalue weighted by molar-refractivity contribution is 5.45. The highest BCUT2D eigenvalue weighted by Crippen LogP contribution is 2.31. The van der Waals surface area contributed by atoms with Gasteiger partial charge in [0.2, 0.25) is 6.29 Å². The van der Waals surface area contributed by atoms with Crippen molar-refractivity contribution in [2.24, 2.45) is 0 Å². The molecule has 0 aromatic heterocycles. The Hall–Kier alpha value is -2.06. The second-order valence-electron chi connectivity index (χ2n) is 8.81. The van der Waals surface area contributed by atoms with E-state index in [0.717, 1.165) is 0 Å². The van der Waals surface area contributed by atoms with E-state index in [1.54, 1.807) is 0 Å². The Labute approximate surface area is 209 Å². The summed E-state index contributed by atoms with van der Waals surface area (Å²) in [6.45, 7) is -1.05. The van der Waals surface area contributed by atoms with Crippen LogP contribution in [0.25, 0.3) is 0 Å². The highest BCUT2D eigenvalue weighted by atomic mass is 16.7. The van der Waals surface area contributed by atoms with Crippen molar-refractivity contribution in [1.29, 1.82) is 0 Å². The van der Waals surface area contributed by atoms with Gasteiger partial charge in [-0.1, -0.05) is 12.1 Å². The molecular formula is C21H29NO15. The molecule has 4 rings (SSSR count). The standard InChI is InChI=1S/C21H29NO15/c23-9-5-32-19(16(27)13(9)24)36-11-7-34-21(18(29)15(11)26)37-12-6-33-20(17(28)14(12)25)35-10-4-2-1-3-8(10)22(30)31/h1-4,9,11-21,23-29H,5-7H2/t9-,11-,12-,13+,14+,15+,16-,17-,18-,19+,20+,21+/m1/s1. The summed E-state index contributed by atoms with van der Waals surface area (Å²) in [5, 5.41) is 82.3. The van der Waals surface area contributed by atoms with Crippen LogP contribution in [-0.2, 0) is 23.7 Å². The van der Waals surface area contributed by atoms with Crippen LogP contribution in [0.1, 0.15) is 0 Å². The topological polar surface area (TPSA) is 240 Å². The molecule has 208 valence electrons. The van der Waals surface area contributed by atoms with E-state index in [-0.39, 0.29) is 31.3 Å². The number of nitro groups is 1. The van der Waals surface area contributed by atoms with Crippen molar-refractivity contribution >= 4 is 5.69 Å². The molecule has 1 aromatic carbocycles. The summed E-state index contributed by atoms with van der Waals surface area (Å²) in [4.78, 5) is 10.5. The van der Waals surface area contributed by atoms with Crippen LogP contribution < -0.4 is 4.74 Å². The molecule has 0 unspecified atom stereocenters. The lowest BCUT2D eigenvalue weighted by Gasteiger charge is -2.43. The van der Waals surface area contributed by atoms with E-state index < -0.39 is 78.7 Å². The number of hydrogen-bond donors (Lipinski definition) is 7. The molecule has 0 saturated carbocycles. The Bertz CT molecular complexity index is 922. The summed E-state index contributed by atoms with van der Waals surface area (Å²) in [5.74, 6) is -0.183. The summed E-state index contributed by atoms with van der Waals surface area (Å²) < 4.78 is 32.2. The van der Waals surface area contributed by atoms with Crippen LogP contribution in [0.2, 0.25) is 0 Å². The maximum Gasteiger partial charge on any atom is 0.311 e. The minimum atomic E-state index is -1.71.